The number of para-hydroxylation sites is 1. The summed E-state index contributed by atoms with van der Waals surface area (Å²) in [5.74, 6) is 0.568. The third kappa shape index (κ3) is 4.96. The predicted octanol–water partition coefficient (Wildman–Crippen LogP) is 6.24. The first-order valence-corrected chi connectivity index (χ1v) is 11.4. The SMILES string of the molecule is C.COc1cccc(C2=NCc3cnc(Nc4ccc(C(=O)O)cc4)nc3-c3ccc(Cl)cc32)c1OC. The molecule has 0 radical (unpaired) electrons. The minimum absolute atomic E-state index is 0. The summed E-state index contributed by atoms with van der Waals surface area (Å²) in [4.78, 5) is 25.3. The molecule has 188 valence electrons. The number of anilines is 2. The number of fused-ring (bicyclic) bond motifs is 3. The molecule has 0 bridgehead atoms. The van der Waals surface area contributed by atoms with Crippen LogP contribution in [0.2, 0.25) is 5.02 Å². The molecule has 0 atom stereocenters. The van der Waals surface area contributed by atoms with Crippen molar-refractivity contribution in [1.82, 2.24) is 9.97 Å². The molecule has 0 amide bonds. The molecule has 0 fully saturated rings. The smallest absolute Gasteiger partial charge is 0.335 e. The second-order valence-corrected chi connectivity index (χ2v) is 8.41. The fourth-order valence-corrected chi connectivity index (χ4v) is 4.29. The summed E-state index contributed by atoms with van der Waals surface area (Å²) in [6.07, 6.45) is 1.74. The van der Waals surface area contributed by atoms with Gasteiger partial charge in [0.2, 0.25) is 5.95 Å². The van der Waals surface area contributed by atoms with Gasteiger partial charge in [-0.3, -0.25) is 4.99 Å². The van der Waals surface area contributed by atoms with Crippen molar-refractivity contribution < 1.29 is 19.4 Å². The molecule has 5 rings (SSSR count). The second-order valence-electron chi connectivity index (χ2n) is 7.97. The molecule has 4 aromatic rings. The van der Waals surface area contributed by atoms with E-state index in [-0.39, 0.29) is 13.0 Å². The topological polar surface area (TPSA) is 106 Å². The summed E-state index contributed by atoms with van der Waals surface area (Å²) in [5.41, 5.74) is 5.59. The zero-order valence-electron chi connectivity index (χ0n) is 19.4. The number of nitrogens with zero attached hydrogens (tertiary/aromatic N) is 3. The number of aromatic nitrogens is 2. The molecule has 1 aromatic heterocycles. The summed E-state index contributed by atoms with van der Waals surface area (Å²) in [5, 5.41) is 12.8. The molecule has 3 aromatic carbocycles. The number of carboxylic acid groups (broad SMARTS) is 1. The van der Waals surface area contributed by atoms with E-state index in [9.17, 15) is 4.79 Å². The minimum Gasteiger partial charge on any atom is -0.493 e. The van der Waals surface area contributed by atoms with Gasteiger partial charge in [0.15, 0.2) is 11.5 Å². The molecule has 1 aliphatic rings. The number of aliphatic imine (C=N–C) groups is 1. The van der Waals surface area contributed by atoms with Gasteiger partial charge in [-0.05, 0) is 48.5 Å². The van der Waals surface area contributed by atoms with Crippen LogP contribution in [0.25, 0.3) is 11.3 Å². The minimum atomic E-state index is -0.985. The second kappa shape index (κ2) is 10.7. The van der Waals surface area contributed by atoms with Crippen LogP contribution in [0.15, 0.2) is 71.9 Å². The van der Waals surface area contributed by atoms with Gasteiger partial charge in [0.25, 0.3) is 0 Å². The van der Waals surface area contributed by atoms with E-state index in [1.807, 2.05) is 36.4 Å². The van der Waals surface area contributed by atoms with Gasteiger partial charge in [-0.15, -0.1) is 0 Å². The number of ether oxygens (including phenoxy) is 2. The van der Waals surface area contributed by atoms with Crippen LogP contribution in [0.5, 0.6) is 11.5 Å². The highest BCUT2D eigenvalue weighted by molar-refractivity contribution is 6.31. The molecule has 0 saturated carbocycles. The maximum atomic E-state index is 11.1. The largest absolute Gasteiger partial charge is 0.493 e. The van der Waals surface area contributed by atoms with Crippen LogP contribution in [-0.2, 0) is 6.54 Å². The van der Waals surface area contributed by atoms with Gasteiger partial charge in [0.1, 0.15) is 0 Å². The van der Waals surface area contributed by atoms with Crippen molar-refractivity contribution in [2.75, 3.05) is 19.5 Å². The van der Waals surface area contributed by atoms with Gasteiger partial charge < -0.3 is 19.9 Å². The lowest BCUT2D eigenvalue weighted by atomic mass is 9.94. The Balaban J connectivity index is 0.00000320. The normalized spacial score (nSPS) is 11.7. The van der Waals surface area contributed by atoms with E-state index in [1.54, 1.807) is 32.5 Å². The number of carboxylic acids is 1. The number of hydrogen-bond donors (Lipinski definition) is 2. The van der Waals surface area contributed by atoms with E-state index in [1.165, 1.54) is 12.1 Å². The van der Waals surface area contributed by atoms with Crippen LogP contribution in [0.3, 0.4) is 0 Å². The van der Waals surface area contributed by atoms with E-state index in [0.717, 1.165) is 27.9 Å². The van der Waals surface area contributed by atoms with Gasteiger partial charge >= 0.3 is 5.97 Å². The highest BCUT2D eigenvalue weighted by Crippen LogP contribution is 2.38. The van der Waals surface area contributed by atoms with Crippen LogP contribution in [0, 0.1) is 0 Å². The average molecular weight is 517 g/mol. The van der Waals surface area contributed by atoms with Gasteiger partial charge in [0, 0.05) is 39.2 Å². The van der Waals surface area contributed by atoms with Gasteiger partial charge in [-0.2, -0.15) is 0 Å². The predicted molar refractivity (Wildman–Crippen MR) is 145 cm³/mol. The zero-order valence-corrected chi connectivity index (χ0v) is 20.2. The van der Waals surface area contributed by atoms with Gasteiger partial charge in [-0.25, -0.2) is 14.8 Å². The lowest BCUT2D eigenvalue weighted by Crippen LogP contribution is -2.08. The molecular weight excluding hydrogens is 492 g/mol. The number of nitrogens with one attached hydrogen (secondary N) is 1. The molecule has 0 aliphatic carbocycles. The van der Waals surface area contributed by atoms with Crippen molar-refractivity contribution in [1.29, 1.82) is 0 Å². The first-order valence-electron chi connectivity index (χ1n) is 11.0. The van der Waals surface area contributed by atoms with Gasteiger partial charge in [-0.1, -0.05) is 31.2 Å². The third-order valence-corrected chi connectivity index (χ3v) is 6.05. The number of rotatable bonds is 6. The standard InChI is InChI=1S/C27H21ClN4O4.CH4/c1-35-22-5-3-4-20(25(22)36-2)24-21-12-17(28)8-11-19(21)23-16(13-29-24)14-30-27(32-23)31-18-9-6-15(7-10-18)26(33)34;/h3-12,14H,13H2,1-2H3,(H,33,34)(H,30,31,32);1H4. The first kappa shape index (κ1) is 25.7. The Morgan fingerprint density at radius 2 is 1.78 bits per heavy atom. The summed E-state index contributed by atoms with van der Waals surface area (Å²) in [6.45, 7) is 0.352. The molecule has 0 saturated heterocycles. The van der Waals surface area contributed by atoms with Crippen molar-refractivity contribution >= 4 is 34.9 Å². The van der Waals surface area contributed by atoms with Crippen molar-refractivity contribution in [3.63, 3.8) is 0 Å². The Bertz CT molecular complexity index is 1500. The fourth-order valence-electron chi connectivity index (χ4n) is 4.11. The number of methoxy groups -OCH3 is 2. The van der Waals surface area contributed by atoms with E-state index in [0.29, 0.717) is 40.4 Å². The van der Waals surface area contributed by atoms with Gasteiger partial charge in [0.05, 0.1) is 37.7 Å². The van der Waals surface area contributed by atoms with E-state index in [4.69, 9.17) is 36.2 Å². The lowest BCUT2D eigenvalue weighted by molar-refractivity contribution is 0.0697. The van der Waals surface area contributed by atoms with Crippen molar-refractivity contribution in [3.8, 4) is 22.8 Å². The van der Waals surface area contributed by atoms with Crippen LogP contribution < -0.4 is 14.8 Å². The van der Waals surface area contributed by atoms with Crippen LogP contribution in [-0.4, -0.2) is 41.0 Å². The number of hydrogen-bond acceptors (Lipinski definition) is 7. The fraction of sp³-hybridized carbons (Fsp3) is 0.143. The summed E-state index contributed by atoms with van der Waals surface area (Å²) in [6, 6.07) is 17.6. The number of benzene rings is 3. The van der Waals surface area contributed by atoms with Crippen molar-refractivity contribution in [3.05, 3.63) is 94.1 Å². The summed E-state index contributed by atoms with van der Waals surface area (Å²) in [7, 11) is 3.19. The quantitative estimate of drug-likeness (QED) is 0.312. The van der Waals surface area contributed by atoms with Crippen molar-refractivity contribution in [2.45, 2.75) is 14.0 Å². The molecule has 37 heavy (non-hydrogen) atoms. The van der Waals surface area contributed by atoms with Crippen LogP contribution in [0.1, 0.15) is 34.5 Å². The Kier molecular flexibility index (Phi) is 7.40. The molecule has 9 heteroatoms. The van der Waals surface area contributed by atoms with E-state index < -0.39 is 5.97 Å². The Morgan fingerprint density at radius 1 is 1.00 bits per heavy atom. The van der Waals surface area contributed by atoms with Crippen LogP contribution >= 0.6 is 11.6 Å². The summed E-state index contributed by atoms with van der Waals surface area (Å²) >= 11 is 6.42. The maximum absolute atomic E-state index is 11.1. The average Bonchev–Trinajstić information content (AvgIpc) is 3.04. The summed E-state index contributed by atoms with van der Waals surface area (Å²) < 4.78 is 11.2. The molecule has 8 nitrogen and oxygen atoms in total. The lowest BCUT2D eigenvalue weighted by Gasteiger charge is -2.16. The maximum Gasteiger partial charge on any atom is 0.335 e. The Labute approximate surface area is 219 Å². The van der Waals surface area contributed by atoms with Crippen LogP contribution in [0.4, 0.5) is 11.6 Å². The zero-order chi connectivity index (χ0) is 25.2. The number of halogens is 1. The molecular formula is C28H25ClN4O4. The van der Waals surface area contributed by atoms with E-state index >= 15 is 0 Å². The first-order chi connectivity index (χ1) is 17.5. The number of aromatic carboxylic acids is 1. The molecule has 2 N–H and O–H groups in total. The molecule has 0 unspecified atom stereocenters. The molecule has 0 spiro atoms. The third-order valence-electron chi connectivity index (χ3n) is 5.81. The van der Waals surface area contributed by atoms with E-state index in [2.05, 4.69) is 10.3 Å². The monoisotopic (exact) mass is 516 g/mol. The number of carbonyl (C=O) groups is 1. The highest BCUT2D eigenvalue weighted by Gasteiger charge is 2.24. The Morgan fingerprint density at radius 3 is 2.49 bits per heavy atom. The Hall–Kier alpha value is -4.43. The highest BCUT2D eigenvalue weighted by atomic mass is 35.5. The van der Waals surface area contributed by atoms with Crippen molar-refractivity contribution in [2.24, 2.45) is 4.99 Å². The molecule has 2 heterocycles. The molecule has 1 aliphatic heterocycles.